The summed E-state index contributed by atoms with van der Waals surface area (Å²) < 4.78 is 0. The third-order valence-electron chi connectivity index (χ3n) is 2.69. The Morgan fingerprint density at radius 1 is 1.43 bits per heavy atom. The average Bonchev–Trinajstić information content (AvgIpc) is 2.13. The molecule has 0 aliphatic heterocycles. The lowest BCUT2D eigenvalue weighted by molar-refractivity contribution is -0.153. The number of rotatable bonds is 2. The van der Waals surface area contributed by atoms with Crippen molar-refractivity contribution in [3.63, 3.8) is 0 Å². The number of hydrogen-bond donors (Lipinski definition) is 2. The fraction of sp³-hybridized carbons (Fsp3) is 0.444. The van der Waals surface area contributed by atoms with E-state index in [1.54, 1.807) is 0 Å². The van der Waals surface area contributed by atoms with Gasteiger partial charge in [-0.3, -0.25) is 4.79 Å². The minimum atomic E-state index is -0.972. The summed E-state index contributed by atoms with van der Waals surface area (Å²) in [6.07, 6.45) is 4.31. The van der Waals surface area contributed by atoms with E-state index >= 15 is 0 Å². The van der Waals surface area contributed by atoms with Crippen LogP contribution in [0.15, 0.2) is 18.7 Å². The van der Waals surface area contributed by atoms with E-state index < -0.39 is 17.5 Å². The van der Waals surface area contributed by atoms with Gasteiger partial charge >= 0.3 is 5.97 Å². The maximum atomic E-state index is 11.1. The Kier molecular flexibility index (Phi) is 1.96. The van der Waals surface area contributed by atoms with E-state index in [0.29, 0.717) is 5.56 Å². The van der Waals surface area contributed by atoms with Gasteiger partial charge in [0.05, 0.1) is 6.10 Å². The highest BCUT2D eigenvalue weighted by atomic mass is 16.4. The standard InChI is InChI=1S/C9H10N2O3/c12-7-1-9(2-7,8(13)14)6-3-10-5-11-4-6/h3-5,7,12H,1-2H2,(H,13,14). The summed E-state index contributed by atoms with van der Waals surface area (Å²) in [5.41, 5.74) is -0.404. The second-order valence-corrected chi connectivity index (χ2v) is 3.58. The fourth-order valence-corrected chi connectivity index (χ4v) is 1.82. The van der Waals surface area contributed by atoms with Crippen LogP contribution < -0.4 is 0 Å². The number of aliphatic hydroxyl groups excluding tert-OH is 1. The highest BCUT2D eigenvalue weighted by Crippen LogP contribution is 2.43. The third-order valence-corrected chi connectivity index (χ3v) is 2.69. The molecule has 0 radical (unpaired) electrons. The number of aliphatic carboxylic acids is 1. The first kappa shape index (κ1) is 9.08. The summed E-state index contributed by atoms with van der Waals surface area (Å²) >= 11 is 0. The molecule has 1 aromatic rings. The van der Waals surface area contributed by atoms with E-state index in [2.05, 4.69) is 9.97 Å². The predicted molar refractivity (Wildman–Crippen MR) is 46.6 cm³/mol. The summed E-state index contributed by atoms with van der Waals surface area (Å²) in [7, 11) is 0. The molecule has 0 aromatic carbocycles. The average molecular weight is 194 g/mol. The van der Waals surface area contributed by atoms with Crippen LogP contribution >= 0.6 is 0 Å². The molecule has 0 unspecified atom stereocenters. The number of carbonyl (C=O) groups is 1. The van der Waals surface area contributed by atoms with Crippen LogP contribution in [-0.2, 0) is 10.2 Å². The number of aliphatic hydroxyl groups is 1. The van der Waals surface area contributed by atoms with Gasteiger partial charge in [-0.2, -0.15) is 0 Å². The predicted octanol–water partition coefficient (Wildman–Crippen LogP) is -0.0463. The van der Waals surface area contributed by atoms with E-state index in [9.17, 15) is 9.90 Å². The summed E-state index contributed by atoms with van der Waals surface area (Å²) in [6, 6.07) is 0. The van der Waals surface area contributed by atoms with Crippen molar-refractivity contribution in [3.05, 3.63) is 24.3 Å². The summed E-state index contributed by atoms with van der Waals surface area (Å²) in [5.74, 6) is -0.919. The number of aromatic nitrogens is 2. The van der Waals surface area contributed by atoms with Crippen molar-refractivity contribution in [3.8, 4) is 0 Å². The fourth-order valence-electron chi connectivity index (χ4n) is 1.82. The molecular weight excluding hydrogens is 184 g/mol. The zero-order valence-corrected chi connectivity index (χ0v) is 7.42. The van der Waals surface area contributed by atoms with Crippen LogP contribution in [0.5, 0.6) is 0 Å². The molecule has 2 N–H and O–H groups in total. The van der Waals surface area contributed by atoms with Gasteiger partial charge in [-0.05, 0) is 12.8 Å². The Labute approximate surface area is 80.4 Å². The summed E-state index contributed by atoms with van der Waals surface area (Å²) in [5, 5.41) is 18.3. The maximum Gasteiger partial charge on any atom is 0.314 e. The van der Waals surface area contributed by atoms with E-state index in [-0.39, 0.29) is 12.8 Å². The van der Waals surface area contributed by atoms with Crippen LogP contribution in [0.4, 0.5) is 0 Å². The molecule has 74 valence electrons. The molecular formula is C9H10N2O3. The number of hydrogen-bond acceptors (Lipinski definition) is 4. The Morgan fingerprint density at radius 3 is 2.43 bits per heavy atom. The Bertz CT molecular complexity index is 346. The molecule has 2 rings (SSSR count). The molecule has 0 spiro atoms. The van der Waals surface area contributed by atoms with Crippen molar-refractivity contribution in [2.45, 2.75) is 24.4 Å². The largest absolute Gasteiger partial charge is 0.481 e. The molecule has 1 aliphatic rings. The third kappa shape index (κ3) is 1.17. The molecule has 14 heavy (non-hydrogen) atoms. The van der Waals surface area contributed by atoms with E-state index in [1.807, 2.05) is 0 Å². The van der Waals surface area contributed by atoms with Gasteiger partial charge in [0.15, 0.2) is 0 Å². The minimum absolute atomic E-state index is 0.246. The van der Waals surface area contributed by atoms with Crippen LogP contribution in [0, 0.1) is 0 Å². The molecule has 1 aromatic heterocycles. The first-order valence-electron chi connectivity index (χ1n) is 4.32. The Morgan fingerprint density at radius 2 is 2.00 bits per heavy atom. The van der Waals surface area contributed by atoms with Crippen molar-refractivity contribution < 1.29 is 15.0 Å². The molecule has 1 fully saturated rings. The van der Waals surface area contributed by atoms with Crippen molar-refractivity contribution in [2.75, 3.05) is 0 Å². The van der Waals surface area contributed by atoms with Crippen LogP contribution in [0.3, 0.4) is 0 Å². The van der Waals surface area contributed by atoms with Gasteiger partial charge < -0.3 is 10.2 Å². The molecule has 1 saturated carbocycles. The molecule has 0 atom stereocenters. The Balaban J connectivity index is 2.34. The van der Waals surface area contributed by atoms with Crippen molar-refractivity contribution in [1.29, 1.82) is 0 Å². The zero-order valence-electron chi connectivity index (χ0n) is 7.42. The smallest absolute Gasteiger partial charge is 0.314 e. The van der Waals surface area contributed by atoms with Crippen molar-refractivity contribution in [2.24, 2.45) is 0 Å². The quantitative estimate of drug-likeness (QED) is 0.689. The first-order valence-corrected chi connectivity index (χ1v) is 4.32. The molecule has 0 saturated heterocycles. The van der Waals surface area contributed by atoms with E-state index in [4.69, 9.17) is 5.11 Å². The molecule has 1 heterocycles. The minimum Gasteiger partial charge on any atom is -0.481 e. The lowest BCUT2D eigenvalue weighted by Crippen LogP contribution is -2.50. The second kappa shape index (κ2) is 3.02. The number of carboxylic acid groups (broad SMARTS) is 1. The van der Waals surface area contributed by atoms with Crippen LogP contribution in [-0.4, -0.2) is 32.3 Å². The summed E-state index contributed by atoms with van der Waals surface area (Å²) in [4.78, 5) is 18.7. The van der Waals surface area contributed by atoms with Gasteiger partial charge in [-0.1, -0.05) is 0 Å². The van der Waals surface area contributed by atoms with Gasteiger partial charge in [0.2, 0.25) is 0 Å². The molecule has 5 heteroatoms. The van der Waals surface area contributed by atoms with Crippen LogP contribution in [0.25, 0.3) is 0 Å². The zero-order chi connectivity index (χ0) is 10.2. The topological polar surface area (TPSA) is 83.3 Å². The van der Waals surface area contributed by atoms with Crippen molar-refractivity contribution in [1.82, 2.24) is 9.97 Å². The van der Waals surface area contributed by atoms with Crippen molar-refractivity contribution >= 4 is 5.97 Å². The number of nitrogens with zero attached hydrogens (tertiary/aromatic N) is 2. The van der Waals surface area contributed by atoms with Crippen LogP contribution in [0.1, 0.15) is 18.4 Å². The lowest BCUT2D eigenvalue weighted by Gasteiger charge is -2.41. The normalized spacial score (nSPS) is 30.8. The second-order valence-electron chi connectivity index (χ2n) is 3.58. The highest BCUT2D eigenvalue weighted by molar-refractivity contribution is 5.82. The molecule has 5 nitrogen and oxygen atoms in total. The first-order chi connectivity index (χ1) is 6.65. The maximum absolute atomic E-state index is 11.1. The molecule has 0 bridgehead atoms. The molecule has 0 amide bonds. The van der Waals surface area contributed by atoms with Gasteiger partial charge in [-0.25, -0.2) is 9.97 Å². The monoisotopic (exact) mass is 194 g/mol. The molecule has 1 aliphatic carbocycles. The van der Waals surface area contributed by atoms with Gasteiger partial charge in [0.25, 0.3) is 0 Å². The van der Waals surface area contributed by atoms with Gasteiger partial charge in [0.1, 0.15) is 11.7 Å². The SMILES string of the molecule is O=C(O)C1(c2cncnc2)CC(O)C1. The van der Waals surface area contributed by atoms with Gasteiger partial charge in [0, 0.05) is 18.0 Å². The highest BCUT2D eigenvalue weighted by Gasteiger charge is 2.51. The van der Waals surface area contributed by atoms with E-state index in [1.165, 1.54) is 18.7 Å². The summed E-state index contributed by atoms with van der Waals surface area (Å²) in [6.45, 7) is 0. The Hall–Kier alpha value is -1.49. The van der Waals surface area contributed by atoms with E-state index in [0.717, 1.165) is 0 Å². The van der Waals surface area contributed by atoms with Crippen LogP contribution in [0.2, 0.25) is 0 Å². The number of carboxylic acids is 1. The van der Waals surface area contributed by atoms with Gasteiger partial charge in [-0.15, -0.1) is 0 Å². The lowest BCUT2D eigenvalue weighted by atomic mass is 9.63.